The molecule has 15 heavy (non-hydrogen) atoms. The molecule has 1 aromatic rings. The molecule has 0 saturated heterocycles. The Morgan fingerprint density at radius 1 is 1.27 bits per heavy atom. The van der Waals surface area contributed by atoms with Gasteiger partial charge in [-0.3, -0.25) is 4.79 Å². The fraction of sp³-hybridized carbons (Fsp3) is 0.167. The van der Waals surface area contributed by atoms with Crippen molar-refractivity contribution in [2.45, 2.75) is 12.8 Å². The molecular weight excluding hydrogens is 192 g/mol. The smallest absolute Gasteiger partial charge is 0.328 e. The summed E-state index contributed by atoms with van der Waals surface area (Å²) in [5, 5.41) is 8.60. The van der Waals surface area contributed by atoms with E-state index in [9.17, 15) is 9.59 Å². The molecule has 2 rings (SSSR count). The van der Waals surface area contributed by atoms with Crippen LogP contribution >= 0.6 is 0 Å². The Morgan fingerprint density at radius 3 is 2.73 bits per heavy atom. The summed E-state index contributed by atoms with van der Waals surface area (Å²) in [5.74, 6) is -1.21. The molecule has 0 radical (unpaired) electrons. The summed E-state index contributed by atoms with van der Waals surface area (Å²) in [6.07, 6.45) is 2.27. The molecular formula is C12H10O3. The number of Topliss-reactive ketones (excluding diaryl/α,β-unsaturated/α-hetero) is 1. The van der Waals surface area contributed by atoms with Crippen LogP contribution in [0.5, 0.6) is 0 Å². The lowest BCUT2D eigenvalue weighted by Crippen LogP contribution is -2.15. The van der Waals surface area contributed by atoms with Crippen LogP contribution in [0.2, 0.25) is 0 Å². The van der Waals surface area contributed by atoms with E-state index in [4.69, 9.17) is 5.11 Å². The standard InChI is InChI=1S/C12H10O3/c13-11(14)7-9-6-5-8-3-1-2-4-10(8)12(9)15/h1-4,7H,5-6H2,(H,13,14)/b9-7-. The number of hydrogen-bond acceptors (Lipinski definition) is 2. The number of allylic oxidation sites excluding steroid dienone is 1. The summed E-state index contributed by atoms with van der Waals surface area (Å²) in [6, 6.07) is 7.33. The third kappa shape index (κ3) is 1.81. The first kappa shape index (κ1) is 9.65. The topological polar surface area (TPSA) is 54.4 Å². The van der Waals surface area contributed by atoms with Gasteiger partial charge < -0.3 is 5.11 Å². The van der Waals surface area contributed by atoms with Crippen molar-refractivity contribution in [2.75, 3.05) is 0 Å². The summed E-state index contributed by atoms with van der Waals surface area (Å²) >= 11 is 0. The molecule has 0 fully saturated rings. The fourth-order valence-electron chi connectivity index (χ4n) is 1.80. The summed E-state index contributed by atoms with van der Waals surface area (Å²) in [4.78, 5) is 22.3. The largest absolute Gasteiger partial charge is 0.478 e. The van der Waals surface area contributed by atoms with E-state index in [1.165, 1.54) is 0 Å². The number of carboxylic acid groups (broad SMARTS) is 1. The molecule has 1 N–H and O–H groups in total. The fourth-order valence-corrected chi connectivity index (χ4v) is 1.80. The zero-order valence-electron chi connectivity index (χ0n) is 8.06. The second-order valence-electron chi connectivity index (χ2n) is 3.49. The van der Waals surface area contributed by atoms with Gasteiger partial charge in [0, 0.05) is 17.2 Å². The molecule has 0 bridgehead atoms. The van der Waals surface area contributed by atoms with Gasteiger partial charge in [0.2, 0.25) is 0 Å². The normalized spacial score (nSPS) is 17.6. The average molecular weight is 202 g/mol. The van der Waals surface area contributed by atoms with E-state index >= 15 is 0 Å². The monoisotopic (exact) mass is 202 g/mol. The van der Waals surface area contributed by atoms with Gasteiger partial charge in [-0.15, -0.1) is 0 Å². The predicted molar refractivity (Wildman–Crippen MR) is 54.8 cm³/mol. The van der Waals surface area contributed by atoms with Crippen molar-refractivity contribution in [1.29, 1.82) is 0 Å². The second-order valence-corrected chi connectivity index (χ2v) is 3.49. The Bertz CT molecular complexity index is 458. The van der Waals surface area contributed by atoms with Crippen molar-refractivity contribution < 1.29 is 14.7 Å². The zero-order chi connectivity index (χ0) is 10.8. The molecule has 1 aromatic carbocycles. The Hall–Kier alpha value is -1.90. The number of benzene rings is 1. The van der Waals surface area contributed by atoms with E-state index in [1.807, 2.05) is 12.1 Å². The van der Waals surface area contributed by atoms with Crippen LogP contribution in [-0.2, 0) is 11.2 Å². The summed E-state index contributed by atoms with van der Waals surface area (Å²) in [5.41, 5.74) is 2.03. The van der Waals surface area contributed by atoms with Crippen LogP contribution in [0.15, 0.2) is 35.9 Å². The Labute approximate surface area is 87.0 Å². The summed E-state index contributed by atoms with van der Waals surface area (Å²) in [6.45, 7) is 0. The van der Waals surface area contributed by atoms with Crippen molar-refractivity contribution >= 4 is 11.8 Å². The lowest BCUT2D eigenvalue weighted by Gasteiger charge is -2.16. The van der Waals surface area contributed by atoms with Crippen LogP contribution in [-0.4, -0.2) is 16.9 Å². The van der Waals surface area contributed by atoms with Crippen LogP contribution < -0.4 is 0 Å². The van der Waals surface area contributed by atoms with E-state index in [0.717, 1.165) is 18.1 Å². The van der Waals surface area contributed by atoms with Crippen molar-refractivity contribution in [2.24, 2.45) is 0 Å². The van der Waals surface area contributed by atoms with Gasteiger partial charge in [0.1, 0.15) is 0 Å². The maximum atomic E-state index is 11.8. The van der Waals surface area contributed by atoms with Gasteiger partial charge in [0.25, 0.3) is 0 Å². The number of ketones is 1. The first-order valence-corrected chi connectivity index (χ1v) is 4.74. The molecule has 1 aliphatic rings. The maximum absolute atomic E-state index is 11.8. The van der Waals surface area contributed by atoms with Gasteiger partial charge in [0.15, 0.2) is 5.78 Å². The first-order valence-electron chi connectivity index (χ1n) is 4.74. The number of fused-ring (bicyclic) bond motifs is 1. The second kappa shape index (κ2) is 3.69. The molecule has 0 heterocycles. The zero-order valence-corrected chi connectivity index (χ0v) is 8.06. The van der Waals surface area contributed by atoms with E-state index in [2.05, 4.69) is 0 Å². The maximum Gasteiger partial charge on any atom is 0.328 e. The van der Waals surface area contributed by atoms with Gasteiger partial charge in [-0.25, -0.2) is 4.79 Å². The minimum atomic E-state index is -1.06. The van der Waals surface area contributed by atoms with Gasteiger partial charge in [0.05, 0.1) is 0 Å². The van der Waals surface area contributed by atoms with Crippen LogP contribution in [0, 0.1) is 0 Å². The lowest BCUT2D eigenvalue weighted by molar-refractivity contribution is -0.131. The van der Waals surface area contributed by atoms with Crippen molar-refractivity contribution in [3.05, 3.63) is 47.0 Å². The Balaban J connectivity index is 2.42. The molecule has 0 saturated carbocycles. The minimum Gasteiger partial charge on any atom is -0.478 e. The Morgan fingerprint density at radius 2 is 2.00 bits per heavy atom. The number of carbonyl (C=O) groups excluding carboxylic acids is 1. The van der Waals surface area contributed by atoms with Crippen LogP contribution in [0.4, 0.5) is 0 Å². The van der Waals surface area contributed by atoms with Crippen molar-refractivity contribution in [1.82, 2.24) is 0 Å². The third-order valence-electron chi connectivity index (χ3n) is 2.52. The number of aryl methyl sites for hydroxylation is 1. The molecule has 0 spiro atoms. The highest BCUT2D eigenvalue weighted by molar-refractivity contribution is 6.12. The van der Waals surface area contributed by atoms with Crippen LogP contribution in [0.3, 0.4) is 0 Å². The molecule has 0 atom stereocenters. The first-order chi connectivity index (χ1) is 7.18. The molecule has 0 amide bonds. The SMILES string of the molecule is O=C(O)/C=C1/CCc2ccccc2C1=O. The number of carboxylic acids is 1. The highest BCUT2D eigenvalue weighted by atomic mass is 16.4. The number of hydrogen-bond donors (Lipinski definition) is 1. The molecule has 3 heteroatoms. The molecule has 1 aliphatic carbocycles. The van der Waals surface area contributed by atoms with E-state index in [-0.39, 0.29) is 5.78 Å². The molecule has 0 aliphatic heterocycles. The number of rotatable bonds is 1. The summed E-state index contributed by atoms with van der Waals surface area (Å²) in [7, 11) is 0. The van der Waals surface area contributed by atoms with Gasteiger partial charge >= 0.3 is 5.97 Å². The van der Waals surface area contributed by atoms with Crippen LogP contribution in [0.1, 0.15) is 22.3 Å². The minimum absolute atomic E-state index is 0.153. The highest BCUT2D eigenvalue weighted by Crippen LogP contribution is 2.24. The molecule has 76 valence electrons. The number of carbonyl (C=O) groups is 2. The third-order valence-corrected chi connectivity index (χ3v) is 2.52. The van der Waals surface area contributed by atoms with Gasteiger partial charge in [-0.05, 0) is 18.4 Å². The van der Waals surface area contributed by atoms with E-state index in [0.29, 0.717) is 17.6 Å². The van der Waals surface area contributed by atoms with E-state index in [1.54, 1.807) is 12.1 Å². The van der Waals surface area contributed by atoms with Crippen LogP contribution in [0.25, 0.3) is 0 Å². The van der Waals surface area contributed by atoms with E-state index < -0.39 is 5.97 Å². The molecule has 3 nitrogen and oxygen atoms in total. The highest BCUT2D eigenvalue weighted by Gasteiger charge is 2.21. The Kier molecular flexibility index (Phi) is 2.37. The van der Waals surface area contributed by atoms with Crippen molar-refractivity contribution in [3.8, 4) is 0 Å². The quantitative estimate of drug-likeness (QED) is 0.707. The van der Waals surface area contributed by atoms with Gasteiger partial charge in [-0.1, -0.05) is 24.3 Å². The lowest BCUT2D eigenvalue weighted by atomic mass is 9.87. The predicted octanol–water partition coefficient (Wildman–Crippen LogP) is 1.83. The number of aliphatic carboxylic acids is 1. The van der Waals surface area contributed by atoms with Gasteiger partial charge in [-0.2, -0.15) is 0 Å². The average Bonchev–Trinajstić information content (AvgIpc) is 2.22. The van der Waals surface area contributed by atoms with Crippen molar-refractivity contribution in [3.63, 3.8) is 0 Å². The summed E-state index contributed by atoms with van der Waals surface area (Å²) < 4.78 is 0. The molecule has 0 unspecified atom stereocenters. The molecule has 0 aromatic heterocycles.